The van der Waals surface area contributed by atoms with Crippen LogP contribution in [0, 0.1) is 0 Å². The molecule has 3 aromatic rings. The van der Waals surface area contributed by atoms with Crippen molar-refractivity contribution in [3.05, 3.63) is 64.1 Å². The van der Waals surface area contributed by atoms with Gasteiger partial charge in [0.25, 0.3) is 5.56 Å². The third kappa shape index (κ3) is 3.73. The summed E-state index contributed by atoms with van der Waals surface area (Å²) in [5.74, 6) is 0. The number of fused-ring (bicyclic) bond motifs is 4. The summed E-state index contributed by atoms with van der Waals surface area (Å²) in [7, 11) is 1.29. The third-order valence-corrected chi connectivity index (χ3v) is 8.00. The first-order chi connectivity index (χ1) is 16.7. The van der Waals surface area contributed by atoms with E-state index in [4.69, 9.17) is 0 Å². The second kappa shape index (κ2) is 8.08. The summed E-state index contributed by atoms with van der Waals surface area (Å²) in [5, 5.41) is 14.0. The first kappa shape index (κ1) is 22.6. The van der Waals surface area contributed by atoms with Crippen LogP contribution in [0.2, 0.25) is 6.82 Å². The van der Waals surface area contributed by atoms with Crippen molar-refractivity contribution in [3.8, 4) is 0 Å². The van der Waals surface area contributed by atoms with E-state index >= 15 is 0 Å². The van der Waals surface area contributed by atoms with E-state index < -0.39 is 7.05 Å². The summed E-state index contributed by atoms with van der Waals surface area (Å²) in [5.41, 5.74) is 5.68. The molecular formula is C26H33BN6O2. The predicted molar refractivity (Wildman–Crippen MR) is 141 cm³/mol. The van der Waals surface area contributed by atoms with Gasteiger partial charge in [0.1, 0.15) is 5.65 Å². The molecule has 0 aliphatic carbocycles. The average molecular weight is 472 g/mol. The van der Waals surface area contributed by atoms with Crippen LogP contribution in [0.3, 0.4) is 0 Å². The molecule has 0 radical (unpaired) electrons. The molecule has 0 spiro atoms. The number of pyridine rings is 2. The summed E-state index contributed by atoms with van der Waals surface area (Å²) < 4.78 is 1.63. The molecule has 6 rings (SSSR count). The highest BCUT2D eigenvalue weighted by Gasteiger charge is 2.42. The molecule has 1 aromatic carbocycles. The number of nitrogens with zero attached hydrogens (tertiary/aromatic N) is 5. The Balaban J connectivity index is 1.27. The largest absolute Gasteiger partial charge is 0.437 e. The summed E-state index contributed by atoms with van der Waals surface area (Å²) in [6.45, 7) is 10.7. The Morgan fingerprint density at radius 2 is 1.97 bits per heavy atom. The van der Waals surface area contributed by atoms with Crippen LogP contribution in [0.5, 0.6) is 0 Å². The van der Waals surface area contributed by atoms with Crippen LogP contribution in [0.4, 0.5) is 11.4 Å². The molecule has 2 N–H and O–H groups in total. The molecule has 3 aliphatic rings. The lowest BCUT2D eigenvalue weighted by molar-refractivity contribution is 0.134. The second-order valence-corrected chi connectivity index (χ2v) is 10.9. The van der Waals surface area contributed by atoms with E-state index in [1.165, 1.54) is 16.8 Å². The molecule has 9 heteroatoms. The zero-order valence-corrected chi connectivity index (χ0v) is 20.9. The minimum atomic E-state index is -0.500. The van der Waals surface area contributed by atoms with E-state index in [0.29, 0.717) is 12.1 Å². The fourth-order valence-electron chi connectivity index (χ4n) is 6.40. The highest BCUT2D eigenvalue weighted by Crippen LogP contribution is 2.42. The van der Waals surface area contributed by atoms with E-state index in [2.05, 4.69) is 63.0 Å². The average Bonchev–Trinajstić information content (AvgIpc) is 3.18. The number of nitrogens with one attached hydrogen (secondary N) is 1. The van der Waals surface area contributed by atoms with E-state index in [9.17, 15) is 9.82 Å². The van der Waals surface area contributed by atoms with Crippen LogP contribution in [-0.4, -0.2) is 64.3 Å². The smallest absolute Gasteiger partial charge is 0.374 e. The summed E-state index contributed by atoms with van der Waals surface area (Å²) in [4.78, 5) is 24.5. The van der Waals surface area contributed by atoms with Gasteiger partial charge < -0.3 is 20.1 Å². The van der Waals surface area contributed by atoms with Crippen LogP contribution in [0.1, 0.15) is 31.0 Å². The predicted octanol–water partition coefficient (Wildman–Crippen LogP) is 1.98. The van der Waals surface area contributed by atoms with Crippen LogP contribution >= 0.6 is 0 Å². The van der Waals surface area contributed by atoms with Crippen molar-refractivity contribution >= 4 is 29.5 Å². The molecular weight excluding hydrogens is 439 g/mol. The fourth-order valence-corrected chi connectivity index (χ4v) is 6.40. The maximum Gasteiger partial charge on any atom is 0.374 e. The van der Waals surface area contributed by atoms with Crippen molar-refractivity contribution in [2.45, 2.75) is 44.8 Å². The Bertz CT molecular complexity index is 1350. The van der Waals surface area contributed by atoms with Crippen molar-refractivity contribution < 1.29 is 5.02 Å². The lowest BCUT2D eigenvalue weighted by atomic mass is 9.79. The molecule has 1 unspecified atom stereocenters. The van der Waals surface area contributed by atoms with E-state index in [0.717, 1.165) is 49.4 Å². The Morgan fingerprint density at radius 1 is 1.17 bits per heavy atom. The first-order valence-corrected chi connectivity index (χ1v) is 12.5. The number of aromatic nitrogens is 2. The van der Waals surface area contributed by atoms with E-state index in [-0.39, 0.29) is 11.1 Å². The monoisotopic (exact) mass is 472 g/mol. The number of anilines is 2. The summed E-state index contributed by atoms with van der Waals surface area (Å²) in [6, 6.07) is 13.3. The van der Waals surface area contributed by atoms with Gasteiger partial charge in [-0.05, 0) is 56.1 Å². The lowest BCUT2D eigenvalue weighted by Crippen LogP contribution is -2.70. The number of hydrogen-bond acceptors (Lipinski definition) is 7. The molecule has 3 aliphatic heterocycles. The maximum atomic E-state index is 12.7. The van der Waals surface area contributed by atoms with Crippen LogP contribution in [0.25, 0.3) is 11.0 Å². The Kier molecular flexibility index (Phi) is 5.21. The van der Waals surface area contributed by atoms with Gasteiger partial charge in [-0.15, -0.1) is 0 Å². The zero-order valence-electron chi connectivity index (χ0n) is 20.9. The lowest BCUT2D eigenvalue weighted by Gasteiger charge is -2.50. The van der Waals surface area contributed by atoms with Gasteiger partial charge in [-0.25, -0.2) is 4.98 Å². The molecule has 35 heavy (non-hydrogen) atoms. The molecule has 182 valence electrons. The van der Waals surface area contributed by atoms with Crippen molar-refractivity contribution in [1.82, 2.24) is 19.7 Å². The molecule has 2 atom stereocenters. The normalized spacial score (nSPS) is 23.2. The fraction of sp³-hybridized carbons (Fsp3) is 0.462. The highest BCUT2D eigenvalue weighted by atomic mass is 16.2. The van der Waals surface area contributed by atoms with Gasteiger partial charge >= 0.3 is 7.05 Å². The first-order valence-electron chi connectivity index (χ1n) is 12.5. The zero-order chi connectivity index (χ0) is 24.5. The van der Waals surface area contributed by atoms with Crippen molar-refractivity contribution in [2.75, 3.05) is 36.0 Å². The van der Waals surface area contributed by atoms with Gasteiger partial charge in [-0.1, -0.05) is 6.07 Å². The minimum absolute atomic E-state index is 0.0237. The molecule has 0 bridgehead atoms. The van der Waals surface area contributed by atoms with Gasteiger partial charge in [-0.2, -0.15) is 0 Å². The van der Waals surface area contributed by atoms with Crippen LogP contribution in [-0.2, 0) is 13.6 Å². The topological polar surface area (TPSA) is 76.9 Å². The Morgan fingerprint density at radius 3 is 2.74 bits per heavy atom. The van der Waals surface area contributed by atoms with Crippen LogP contribution in [0.15, 0.2) is 47.4 Å². The van der Waals surface area contributed by atoms with E-state index in [1.54, 1.807) is 30.7 Å². The molecule has 0 amide bonds. The number of piperazine rings is 1. The van der Waals surface area contributed by atoms with Crippen molar-refractivity contribution in [1.29, 1.82) is 0 Å². The number of benzene rings is 1. The van der Waals surface area contributed by atoms with Gasteiger partial charge in [0, 0.05) is 74.7 Å². The molecule has 2 aromatic heterocycles. The SMILES string of the molecule is CB(O)NC1(C)CN(c2ccc3c(c2)CN2C3CN(c3cc(=O)n(C)c4ncccc34)C[C@H]2C)C1. The van der Waals surface area contributed by atoms with Crippen LogP contribution < -0.4 is 20.6 Å². The molecule has 0 saturated carbocycles. The quantitative estimate of drug-likeness (QED) is 0.563. The van der Waals surface area contributed by atoms with Crippen molar-refractivity contribution in [2.24, 2.45) is 7.05 Å². The van der Waals surface area contributed by atoms with Gasteiger partial charge in [0.15, 0.2) is 0 Å². The van der Waals surface area contributed by atoms with E-state index in [1.807, 2.05) is 6.07 Å². The molecule has 2 saturated heterocycles. The molecule has 5 heterocycles. The Labute approximate surface area is 206 Å². The third-order valence-electron chi connectivity index (χ3n) is 8.00. The minimum Gasteiger partial charge on any atom is -0.437 e. The van der Waals surface area contributed by atoms with Gasteiger partial charge in [0.05, 0.1) is 11.7 Å². The summed E-state index contributed by atoms with van der Waals surface area (Å²) >= 11 is 0. The Hall–Kier alpha value is -2.88. The van der Waals surface area contributed by atoms with Gasteiger partial charge in [0.2, 0.25) is 0 Å². The molecule has 2 fully saturated rings. The maximum absolute atomic E-state index is 12.7. The highest BCUT2D eigenvalue weighted by molar-refractivity contribution is 6.45. The molecule has 8 nitrogen and oxygen atoms in total. The van der Waals surface area contributed by atoms with Crippen molar-refractivity contribution in [3.63, 3.8) is 0 Å². The number of aryl methyl sites for hydroxylation is 1. The van der Waals surface area contributed by atoms with Gasteiger partial charge in [-0.3, -0.25) is 14.3 Å². The standard InChI is InChI=1S/C26H33BN6O2/c1-17-12-31(22-11-24(34)30(4)25-21(22)6-5-9-28-25)14-23-20-8-7-19(10-18(20)13-33(17)23)32-15-26(2,16-32)29-27(3)35/h5-11,17,23,29,35H,12-16H2,1-4H3/t17-,23?/m1/s1. The summed E-state index contributed by atoms with van der Waals surface area (Å²) in [6.07, 6.45) is 1.75. The number of hydrogen-bond donors (Lipinski definition) is 2. The second-order valence-electron chi connectivity index (χ2n) is 10.9. The number of rotatable bonds is 4.